The number of fused-ring (bicyclic) bond motifs is 1. The van der Waals surface area contributed by atoms with E-state index in [1.165, 1.54) is 27.4 Å². The van der Waals surface area contributed by atoms with Crippen molar-refractivity contribution in [3.63, 3.8) is 0 Å². The smallest absolute Gasteiger partial charge is 0.250 e. The third-order valence-electron chi connectivity index (χ3n) is 6.62. The highest BCUT2D eigenvalue weighted by Gasteiger charge is 2.40. The van der Waals surface area contributed by atoms with Crippen LogP contribution < -0.4 is 28.1 Å². The number of ether oxygens (including phenoxy) is 5. The Morgan fingerprint density at radius 2 is 1.59 bits per heavy atom. The molecule has 0 spiro atoms. The Hall–Kier alpha value is -3.29. The van der Waals surface area contributed by atoms with Gasteiger partial charge in [-0.2, -0.15) is 5.26 Å². The second-order valence-corrected chi connectivity index (χ2v) is 15.4. The van der Waals surface area contributed by atoms with Crippen LogP contribution in [0.1, 0.15) is 31.9 Å². The van der Waals surface area contributed by atoms with Gasteiger partial charge in [-0.25, -0.2) is 0 Å². The summed E-state index contributed by atoms with van der Waals surface area (Å²) in [5, 5.41) is 11.2. The second kappa shape index (κ2) is 11.0. The molecular weight excluding hydrogens is 510 g/mol. The number of rotatable bonds is 8. The minimum absolute atomic E-state index is 0.0367. The summed E-state index contributed by atoms with van der Waals surface area (Å²) in [6.07, 6.45) is 1.48. The van der Waals surface area contributed by atoms with Crippen LogP contribution in [0.25, 0.3) is 5.57 Å². The lowest BCUT2D eigenvalue weighted by Gasteiger charge is -2.37. The summed E-state index contributed by atoms with van der Waals surface area (Å²) in [7, 11) is 3.86. The molecule has 0 saturated carbocycles. The number of hydrogen-bond donors (Lipinski definition) is 0. The number of nitrogens with zero attached hydrogens (tertiary/aromatic N) is 1. The Bertz CT molecular complexity index is 1260. The van der Waals surface area contributed by atoms with Crippen molar-refractivity contribution in [2.75, 3.05) is 28.4 Å². The van der Waals surface area contributed by atoms with E-state index in [9.17, 15) is 10.1 Å². The molecule has 0 N–H and O–H groups in total. The number of thioether (sulfide) groups is 1. The molecule has 1 atom stereocenters. The van der Waals surface area contributed by atoms with E-state index >= 15 is 0 Å². The van der Waals surface area contributed by atoms with Crippen molar-refractivity contribution in [2.45, 2.75) is 44.3 Å². The molecule has 0 saturated heterocycles. The van der Waals surface area contributed by atoms with Crippen LogP contribution in [0.15, 0.2) is 30.3 Å². The molecule has 0 aromatic heterocycles. The van der Waals surface area contributed by atoms with Crippen LogP contribution >= 0.6 is 11.8 Å². The van der Waals surface area contributed by atoms with Gasteiger partial charge in [-0.15, -0.1) is 0 Å². The van der Waals surface area contributed by atoms with Gasteiger partial charge >= 0.3 is 0 Å². The first-order chi connectivity index (χ1) is 17.4. The molecule has 198 valence electrons. The number of carbonyl (C=O) groups excluding carboxylic acids is 1. The number of thiocyanates is 1. The van der Waals surface area contributed by atoms with Gasteiger partial charge in [-0.05, 0) is 53.5 Å². The maximum absolute atomic E-state index is 13.2. The molecule has 1 aliphatic rings. The Morgan fingerprint density at radius 1 is 0.946 bits per heavy atom. The summed E-state index contributed by atoms with van der Waals surface area (Å²) < 4.78 is 35.0. The average Bonchev–Trinajstić information content (AvgIpc) is 2.98. The Morgan fingerprint density at radius 3 is 2.14 bits per heavy atom. The first kappa shape index (κ1) is 28.3. The molecule has 0 bridgehead atoms. The van der Waals surface area contributed by atoms with Crippen molar-refractivity contribution in [1.82, 2.24) is 0 Å². The van der Waals surface area contributed by atoms with Crippen molar-refractivity contribution in [1.29, 1.82) is 5.26 Å². The van der Waals surface area contributed by atoms with Gasteiger partial charge in [0.2, 0.25) is 22.7 Å². The number of benzene rings is 2. The minimum atomic E-state index is -2.21. The predicted molar refractivity (Wildman–Crippen MR) is 147 cm³/mol. The Kier molecular flexibility index (Phi) is 8.40. The monoisotopic (exact) mass is 543 g/mol. The maximum Gasteiger partial charge on any atom is 0.250 e. The minimum Gasteiger partial charge on any atom is -0.541 e. The van der Waals surface area contributed by atoms with Crippen LogP contribution in [0.2, 0.25) is 18.1 Å². The number of hydrogen-bond acceptors (Lipinski definition) is 9. The first-order valence-corrected chi connectivity index (χ1v) is 15.4. The highest BCUT2D eigenvalue weighted by atomic mass is 32.2. The number of nitriles is 1. The zero-order chi connectivity index (χ0) is 27.5. The fraction of sp³-hybridized carbons (Fsp3) is 0.407. The zero-order valence-corrected chi connectivity index (χ0v) is 24.5. The van der Waals surface area contributed by atoms with Gasteiger partial charge in [0.25, 0.3) is 8.32 Å². The van der Waals surface area contributed by atoms with Gasteiger partial charge in [0.1, 0.15) is 11.2 Å². The molecule has 8 nitrogen and oxygen atoms in total. The van der Waals surface area contributed by atoms with Crippen molar-refractivity contribution in [3.8, 4) is 39.9 Å². The summed E-state index contributed by atoms with van der Waals surface area (Å²) in [5.74, 6) is 2.04. The van der Waals surface area contributed by atoms with E-state index in [0.29, 0.717) is 39.7 Å². The van der Waals surface area contributed by atoms with Crippen LogP contribution in [-0.4, -0.2) is 48.0 Å². The topological polar surface area (TPSA) is 96.2 Å². The molecule has 37 heavy (non-hydrogen) atoms. The van der Waals surface area contributed by atoms with Crippen LogP contribution in [0.3, 0.4) is 0 Å². The fourth-order valence-electron chi connectivity index (χ4n) is 3.62. The first-order valence-electron chi connectivity index (χ1n) is 11.6. The Balaban J connectivity index is 2.30. The number of carbonyl (C=O) groups is 1. The highest BCUT2D eigenvalue weighted by Crippen LogP contribution is 2.52. The molecule has 1 unspecified atom stereocenters. The molecular formula is C27H33NO7SSi. The SMILES string of the molecule is COc1ccc(C2=CC(=O)C(SC#N)Oc3c2cc(OC)c(OC)c3OC)cc1O[Si](C)(C)C(C)(C)C. The largest absolute Gasteiger partial charge is 0.541 e. The van der Waals surface area contributed by atoms with Gasteiger partial charge in [0, 0.05) is 17.3 Å². The lowest BCUT2D eigenvalue weighted by Crippen LogP contribution is -2.43. The summed E-state index contributed by atoms with van der Waals surface area (Å²) >= 11 is 0.719. The van der Waals surface area contributed by atoms with Crippen LogP contribution in [0, 0.1) is 10.7 Å². The molecule has 0 amide bonds. The number of methoxy groups -OCH3 is 4. The number of ketones is 1. The highest BCUT2D eigenvalue weighted by molar-refractivity contribution is 8.04. The van der Waals surface area contributed by atoms with Gasteiger partial charge < -0.3 is 28.1 Å². The molecule has 0 aliphatic carbocycles. The second-order valence-electron chi connectivity index (χ2n) is 9.87. The van der Waals surface area contributed by atoms with E-state index in [0.717, 1.165) is 11.8 Å². The quantitative estimate of drug-likeness (QED) is 0.292. The molecule has 2 aromatic carbocycles. The van der Waals surface area contributed by atoms with E-state index in [1.54, 1.807) is 13.2 Å². The maximum atomic E-state index is 13.2. The zero-order valence-electron chi connectivity index (χ0n) is 22.7. The molecule has 0 radical (unpaired) electrons. The molecule has 2 aromatic rings. The molecule has 1 aliphatic heterocycles. The summed E-state index contributed by atoms with van der Waals surface area (Å²) in [6.45, 7) is 10.8. The molecule has 3 rings (SSSR count). The van der Waals surface area contributed by atoms with Crippen LogP contribution in [0.5, 0.6) is 34.5 Å². The standard InChI is InChI=1S/C27H33NO7SSi/c1-27(2,3)37(8,9)35-21-12-16(10-11-20(21)30-4)17-13-19(29)26(36-15-28)34-23-18(17)14-22(31-5)24(32-6)25(23)33-7/h10-14,26H,1-9H3. The average molecular weight is 544 g/mol. The lowest BCUT2D eigenvalue weighted by molar-refractivity contribution is -0.117. The summed E-state index contributed by atoms with van der Waals surface area (Å²) in [5.41, 5.74) is 0.717. The Labute approximate surface area is 223 Å². The van der Waals surface area contributed by atoms with Crippen molar-refractivity contribution in [2.24, 2.45) is 0 Å². The molecule has 10 heteroatoms. The summed E-state index contributed by atoms with van der Waals surface area (Å²) in [6, 6.07) is 7.26. The predicted octanol–water partition coefficient (Wildman–Crippen LogP) is 6.04. The van der Waals surface area contributed by atoms with E-state index < -0.39 is 13.8 Å². The third-order valence-corrected chi connectivity index (χ3v) is 11.6. The van der Waals surface area contributed by atoms with E-state index in [1.807, 2.05) is 23.6 Å². The van der Waals surface area contributed by atoms with Gasteiger partial charge in [-0.1, -0.05) is 26.8 Å². The van der Waals surface area contributed by atoms with Crippen LogP contribution in [0.4, 0.5) is 0 Å². The van der Waals surface area contributed by atoms with Gasteiger partial charge in [0.05, 0.1) is 28.4 Å². The van der Waals surface area contributed by atoms with Crippen molar-refractivity contribution >= 4 is 31.4 Å². The molecule has 0 fully saturated rings. The van der Waals surface area contributed by atoms with Crippen molar-refractivity contribution < 1.29 is 32.9 Å². The van der Waals surface area contributed by atoms with E-state index in [2.05, 4.69) is 33.9 Å². The van der Waals surface area contributed by atoms with E-state index in [-0.39, 0.29) is 22.3 Å². The van der Waals surface area contributed by atoms with Gasteiger partial charge in [0.15, 0.2) is 17.2 Å². The van der Waals surface area contributed by atoms with Crippen molar-refractivity contribution in [3.05, 3.63) is 41.5 Å². The van der Waals surface area contributed by atoms with Crippen LogP contribution in [-0.2, 0) is 4.79 Å². The normalized spacial score (nSPS) is 15.4. The van der Waals surface area contributed by atoms with E-state index in [4.69, 9.17) is 28.1 Å². The van der Waals surface area contributed by atoms with Gasteiger partial charge in [-0.3, -0.25) is 4.79 Å². The third kappa shape index (κ3) is 5.53. The summed E-state index contributed by atoms with van der Waals surface area (Å²) in [4.78, 5) is 13.2. The fourth-order valence-corrected chi connectivity index (χ4v) is 5.06. The lowest BCUT2D eigenvalue weighted by atomic mass is 9.95. The molecule has 1 heterocycles.